The monoisotopic (exact) mass is 600 g/mol. The molecule has 0 bridgehead atoms. The molecule has 0 saturated heterocycles. The van der Waals surface area contributed by atoms with Crippen molar-refractivity contribution in [2.24, 2.45) is 5.41 Å². The highest BCUT2D eigenvalue weighted by Crippen LogP contribution is 2.41. The summed E-state index contributed by atoms with van der Waals surface area (Å²) in [5.41, 5.74) is 6.58. The van der Waals surface area contributed by atoms with E-state index in [2.05, 4.69) is 10.4 Å². The average Bonchev–Trinajstić information content (AvgIpc) is 3.29. The Balaban J connectivity index is 1.46. The van der Waals surface area contributed by atoms with Crippen LogP contribution in [0.4, 0.5) is 32.0 Å². The lowest BCUT2D eigenvalue weighted by atomic mass is 9.75. The molecule has 1 aromatic heterocycles. The lowest BCUT2D eigenvalue weighted by molar-refractivity contribution is -0.138. The lowest BCUT2D eigenvalue weighted by Crippen LogP contribution is -2.28. The van der Waals surface area contributed by atoms with Crippen LogP contribution in [0.2, 0.25) is 0 Å². The van der Waals surface area contributed by atoms with Crippen LogP contribution in [0.25, 0.3) is 16.9 Å². The van der Waals surface area contributed by atoms with Gasteiger partial charge in [0.1, 0.15) is 5.69 Å². The Labute approximate surface area is 242 Å². The first-order chi connectivity index (χ1) is 20.0. The van der Waals surface area contributed by atoms with Gasteiger partial charge < -0.3 is 11.1 Å². The Kier molecular flexibility index (Phi) is 7.35. The van der Waals surface area contributed by atoms with Gasteiger partial charge in [-0.1, -0.05) is 38.1 Å². The maximum Gasteiger partial charge on any atom is 0.416 e. The summed E-state index contributed by atoms with van der Waals surface area (Å²) >= 11 is 0. The molecule has 1 aliphatic rings. The van der Waals surface area contributed by atoms with Crippen molar-refractivity contribution < 1.29 is 35.9 Å². The number of carbonyl (C=O) groups is 2. The van der Waals surface area contributed by atoms with Crippen LogP contribution in [-0.4, -0.2) is 21.5 Å². The van der Waals surface area contributed by atoms with Crippen LogP contribution in [0.5, 0.6) is 0 Å². The highest BCUT2D eigenvalue weighted by molar-refractivity contribution is 6.04. The number of ketones is 1. The lowest BCUT2D eigenvalue weighted by Gasteiger charge is -2.29. The van der Waals surface area contributed by atoms with Crippen molar-refractivity contribution in [3.8, 4) is 16.9 Å². The molecule has 0 fully saturated rings. The van der Waals surface area contributed by atoms with Gasteiger partial charge in [-0.05, 0) is 59.9 Å². The Morgan fingerprint density at radius 1 is 0.930 bits per heavy atom. The summed E-state index contributed by atoms with van der Waals surface area (Å²) in [5, 5.41) is 7.20. The van der Waals surface area contributed by atoms with E-state index < -0.39 is 34.8 Å². The van der Waals surface area contributed by atoms with Gasteiger partial charge in [-0.15, -0.1) is 0 Å². The Morgan fingerprint density at radius 2 is 1.60 bits per heavy atom. The number of halogens is 6. The van der Waals surface area contributed by atoms with Gasteiger partial charge in [-0.25, -0.2) is 4.68 Å². The van der Waals surface area contributed by atoms with Crippen LogP contribution >= 0.6 is 0 Å². The number of nitrogens with zero attached hydrogens (tertiary/aromatic N) is 2. The number of rotatable bonds is 5. The molecule has 3 aromatic carbocycles. The van der Waals surface area contributed by atoms with Gasteiger partial charge in [0.2, 0.25) is 0 Å². The molecule has 1 aliphatic carbocycles. The van der Waals surface area contributed by atoms with E-state index in [-0.39, 0.29) is 41.3 Å². The second-order valence-electron chi connectivity index (χ2n) is 11.3. The number of nitrogens with one attached hydrogen (secondary N) is 1. The number of aromatic nitrogens is 2. The summed E-state index contributed by atoms with van der Waals surface area (Å²) in [4.78, 5) is 26.1. The normalized spacial score (nSPS) is 14.8. The first kappa shape index (κ1) is 29.9. The minimum Gasteiger partial charge on any atom is -0.397 e. The van der Waals surface area contributed by atoms with Gasteiger partial charge in [0, 0.05) is 24.1 Å². The molecule has 5 rings (SSSR count). The zero-order valence-electron chi connectivity index (χ0n) is 23.0. The highest BCUT2D eigenvalue weighted by Gasteiger charge is 2.38. The van der Waals surface area contributed by atoms with Crippen molar-refractivity contribution in [1.82, 2.24) is 15.1 Å². The zero-order chi connectivity index (χ0) is 31.3. The van der Waals surface area contributed by atoms with Gasteiger partial charge in [-0.3, -0.25) is 9.59 Å². The Morgan fingerprint density at radius 3 is 2.23 bits per heavy atom. The van der Waals surface area contributed by atoms with Crippen molar-refractivity contribution >= 4 is 17.4 Å². The van der Waals surface area contributed by atoms with Gasteiger partial charge in [-0.2, -0.15) is 31.4 Å². The standard InChI is InChI=1S/C31H26F6N4O2/c1-29(2)14-24-26(25(42)15-29)27(18-6-9-20(10-7-18)30(32,33)34)40-41(24)23-11-8-19(13-22(23)38)28(43)39-16-17-4-3-5-21(12-17)31(35,36)37/h3-13H,14-16,38H2,1-2H3,(H,39,43). The van der Waals surface area contributed by atoms with E-state index in [0.717, 1.165) is 24.3 Å². The molecule has 0 atom stereocenters. The number of nitrogens with two attached hydrogens (primary N) is 1. The van der Waals surface area contributed by atoms with E-state index in [4.69, 9.17) is 5.73 Å². The van der Waals surface area contributed by atoms with Gasteiger partial charge in [0.15, 0.2) is 5.78 Å². The van der Waals surface area contributed by atoms with Crippen LogP contribution < -0.4 is 11.1 Å². The van der Waals surface area contributed by atoms with Gasteiger partial charge >= 0.3 is 12.4 Å². The number of carbonyl (C=O) groups excluding carboxylic acids is 2. The first-order valence-corrected chi connectivity index (χ1v) is 13.2. The van der Waals surface area contributed by atoms with Crippen LogP contribution in [0.15, 0.2) is 66.7 Å². The third-order valence-corrected chi connectivity index (χ3v) is 7.26. The number of fused-ring (bicyclic) bond motifs is 1. The average molecular weight is 601 g/mol. The van der Waals surface area contributed by atoms with Gasteiger partial charge in [0.05, 0.1) is 33.8 Å². The summed E-state index contributed by atoms with van der Waals surface area (Å²) in [6, 6.07) is 13.4. The molecule has 1 heterocycles. The molecule has 43 heavy (non-hydrogen) atoms. The van der Waals surface area contributed by atoms with E-state index >= 15 is 0 Å². The first-order valence-electron chi connectivity index (χ1n) is 13.2. The molecule has 1 amide bonds. The number of amides is 1. The van der Waals surface area contributed by atoms with Crippen molar-refractivity contribution in [3.63, 3.8) is 0 Å². The van der Waals surface area contributed by atoms with Crippen molar-refractivity contribution in [1.29, 1.82) is 0 Å². The molecule has 0 aliphatic heterocycles. The number of nitrogen functional groups attached to an aromatic ring is 1. The van der Waals surface area contributed by atoms with Crippen molar-refractivity contribution in [3.05, 3.63) is 100 Å². The Bertz CT molecular complexity index is 1720. The van der Waals surface area contributed by atoms with Crippen LogP contribution in [0.3, 0.4) is 0 Å². The topological polar surface area (TPSA) is 90.0 Å². The SMILES string of the molecule is CC1(C)CC(=O)c2c(-c3ccc(C(F)(F)F)cc3)nn(-c3ccc(C(=O)NCc4cccc(C(F)(F)F)c4)cc3N)c2C1. The third kappa shape index (κ3) is 6.13. The molecule has 6 nitrogen and oxygen atoms in total. The van der Waals surface area contributed by atoms with Crippen LogP contribution in [0.1, 0.15) is 63.4 Å². The quantitative estimate of drug-likeness (QED) is 0.187. The molecule has 4 aromatic rings. The second-order valence-corrected chi connectivity index (χ2v) is 11.3. The van der Waals surface area contributed by atoms with Crippen molar-refractivity contribution in [2.45, 2.75) is 45.6 Å². The molecule has 0 saturated carbocycles. The number of hydrogen-bond acceptors (Lipinski definition) is 4. The van der Waals surface area contributed by atoms with E-state index in [1.54, 1.807) is 0 Å². The van der Waals surface area contributed by atoms with Crippen molar-refractivity contribution in [2.75, 3.05) is 5.73 Å². The van der Waals surface area contributed by atoms with Crippen LogP contribution in [0, 0.1) is 5.41 Å². The number of Topliss-reactive ketones (excluding diaryl/α,β-unsaturated/α-hetero) is 1. The molecule has 3 N–H and O–H groups in total. The second kappa shape index (κ2) is 10.6. The van der Waals surface area contributed by atoms with E-state index in [9.17, 15) is 35.9 Å². The van der Waals surface area contributed by atoms with E-state index in [1.165, 1.54) is 47.1 Å². The molecular formula is C31H26F6N4O2. The minimum atomic E-state index is -4.52. The Hall–Kier alpha value is -4.61. The van der Waals surface area contributed by atoms with Crippen LogP contribution in [-0.2, 0) is 25.3 Å². The molecule has 0 radical (unpaired) electrons. The molecule has 224 valence electrons. The largest absolute Gasteiger partial charge is 0.416 e. The molecule has 12 heteroatoms. The summed E-state index contributed by atoms with van der Waals surface area (Å²) in [6.07, 6.45) is -8.38. The summed E-state index contributed by atoms with van der Waals surface area (Å²) in [5.74, 6) is -0.767. The maximum absolute atomic E-state index is 13.3. The number of benzene rings is 3. The minimum absolute atomic E-state index is 0.131. The zero-order valence-corrected chi connectivity index (χ0v) is 23.0. The summed E-state index contributed by atoms with van der Waals surface area (Å²) < 4.78 is 79.9. The fourth-order valence-corrected chi connectivity index (χ4v) is 5.20. The summed E-state index contributed by atoms with van der Waals surface area (Å²) in [6.45, 7) is 3.69. The maximum atomic E-state index is 13.3. The molecule has 0 spiro atoms. The summed E-state index contributed by atoms with van der Waals surface area (Å²) in [7, 11) is 0. The van der Waals surface area contributed by atoms with E-state index in [0.29, 0.717) is 28.9 Å². The highest BCUT2D eigenvalue weighted by atomic mass is 19.4. The fraction of sp³-hybridized carbons (Fsp3) is 0.258. The molecule has 0 unspecified atom stereocenters. The number of alkyl halides is 6. The fourth-order valence-electron chi connectivity index (χ4n) is 5.20. The number of hydrogen-bond donors (Lipinski definition) is 2. The smallest absolute Gasteiger partial charge is 0.397 e. The predicted octanol–water partition coefficient (Wildman–Crippen LogP) is 7.24. The number of anilines is 1. The van der Waals surface area contributed by atoms with Gasteiger partial charge in [0.25, 0.3) is 5.91 Å². The molecular weight excluding hydrogens is 574 g/mol. The third-order valence-electron chi connectivity index (χ3n) is 7.26. The predicted molar refractivity (Wildman–Crippen MR) is 147 cm³/mol. The van der Waals surface area contributed by atoms with E-state index in [1.807, 2.05) is 13.8 Å².